The highest BCUT2D eigenvalue weighted by atomic mass is 19.2. The molecule has 4 rings (SSSR count). The lowest BCUT2D eigenvalue weighted by Gasteiger charge is -2.12. The van der Waals surface area contributed by atoms with Gasteiger partial charge in [0.05, 0.1) is 18.3 Å². The van der Waals surface area contributed by atoms with Gasteiger partial charge in [0.2, 0.25) is 5.91 Å². The van der Waals surface area contributed by atoms with E-state index in [1.165, 1.54) is 36.5 Å². The lowest BCUT2D eigenvalue weighted by molar-refractivity contribution is -0.115. The summed E-state index contributed by atoms with van der Waals surface area (Å²) < 4.78 is 26.6. The van der Waals surface area contributed by atoms with E-state index < -0.39 is 17.5 Å². The monoisotopic (exact) mass is 433 g/mol. The number of aromatic hydroxyl groups is 2. The summed E-state index contributed by atoms with van der Waals surface area (Å²) in [5.74, 6) is -2.15. The van der Waals surface area contributed by atoms with E-state index in [2.05, 4.69) is 15.3 Å². The van der Waals surface area contributed by atoms with Gasteiger partial charge in [-0.1, -0.05) is 6.07 Å². The average Bonchev–Trinajstić information content (AvgIpc) is 2.78. The van der Waals surface area contributed by atoms with Crippen LogP contribution in [0.5, 0.6) is 11.5 Å². The van der Waals surface area contributed by atoms with E-state index in [0.717, 1.165) is 12.1 Å². The van der Waals surface area contributed by atoms with Crippen molar-refractivity contribution in [1.29, 1.82) is 0 Å². The maximum absolute atomic E-state index is 13.4. The van der Waals surface area contributed by atoms with Crippen molar-refractivity contribution in [3.63, 3.8) is 0 Å². The maximum atomic E-state index is 13.4. The highest BCUT2D eigenvalue weighted by molar-refractivity contribution is 5.94. The number of aromatic nitrogens is 2. The SMILES string of the molecule is O=C(Cc1ccc(F)c(F)c1)Nc1ncc(-c2ccc(O)cc2)nc1-c1ccc(O)cc1. The third-order valence-electron chi connectivity index (χ3n) is 4.68. The third-order valence-corrected chi connectivity index (χ3v) is 4.68. The number of halogens is 2. The molecule has 0 unspecified atom stereocenters. The molecular weight excluding hydrogens is 416 g/mol. The Morgan fingerprint density at radius 2 is 1.47 bits per heavy atom. The first-order chi connectivity index (χ1) is 15.4. The second-order valence-electron chi connectivity index (χ2n) is 7.02. The molecule has 8 heteroatoms. The lowest BCUT2D eigenvalue weighted by Crippen LogP contribution is -2.17. The molecule has 0 saturated heterocycles. The zero-order valence-corrected chi connectivity index (χ0v) is 16.6. The van der Waals surface area contributed by atoms with E-state index in [-0.39, 0.29) is 23.7 Å². The van der Waals surface area contributed by atoms with Crippen molar-refractivity contribution < 1.29 is 23.8 Å². The Hall–Kier alpha value is -4.33. The Kier molecular flexibility index (Phi) is 5.76. The first-order valence-electron chi connectivity index (χ1n) is 9.58. The molecular formula is C24H17F2N3O3. The number of hydrogen-bond acceptors (Lipinski definition) is 5. The summed E-state index contributed by atoms with van der Waals surface area (Å²) >= 11 is 0. The van der Waals surface area contributed by atoms with Crippen molar-refractivity contribution in [2.45, 2.75) is 6.42 Å². The van der Waals surface area contributed by atoms with Crippen LogP contribution in [0, 0.1) is 11.6 Å². The van der Waals surface area contributed by atoms with Gasteiger partial charge in [0.1, 0.15) is 17.2 Å². The van der Waals surface area contributed by atoms with Gasteiger partial charge in [-0.15, -0.1) is 0 Å². The molecule has 0 atom stereocenters. The minimum absolute atomic E-state index is 0.0697. The second-order valence-corrected chi connectivity index (χ2v) is 7.02. The normalized spacial score (nSPS) is 10.7. The van der Waals surface area contributed by atoms with Crippen LogP contribution >= 0.6 is 0 Å². The van der Waals surface area contributed by atoms with E-state index in [4.69, 9.17) is 0 Å². The standard InChI is InChI=1S/C24H17F2N3O3/c25-19-10-1-14(11-20(19)26)12-22(32)29-24-23(16-4-8-18(31)9-5-16)28-21(13-27-24)15-2-6-17(30)7-3-15/h1-11,13,30-31H,12H2,(H,27,29,32). The molecule has 0 spiro atoms. The maximum Gasteiger partial charge on any atom is 0.230 e. The molecule has 0 aliphatic carbocycles. The van der Waals surface area contributed by atoms with Gasteiger partial charge in [0.25, 0.3) is 0 Å². The van der Waals surface area contributed by atoms with Gasteiger partial charge >= 0.3 is 0 Å². The van der Waals surface area contributed by atoms with Crippen molar-refractivity contribution >= 4 is 11.7 Å². The Bertz CT molecular complexity index is 1280. The van der Waals surface area contributed by atoms with E-state index >= 15 is 0 Å². The molecule has 160 valence electrons. The summed E-state index contributed by atoms with van der Waals surface area (Å²) in [6.07, 6.45) is 1.29. The molecule has 1 aromatic heterocycles. The summed E-state index contributed by atoms with van der Waals surface area (Å²) in [5, 5.41) is 21.8. The summed E-state index contributed by atoms with van der Waals surface area (Å²) in [6.45, 7) is 0. The smallest absolute Gasteiger partial charge is 0.230 e. The van der Waals surface area contributed by atoms with Gasteiger partial charge < -0.3 is 15.5 Å². The van der Waals surface area contributed by atoms with Crippen LogP contribution in [0.15, 0.2) is 72.9 Å². The number of carbonyl (C=O) groups excluding carboxylic acids is 1. The summed E-state index contributed by atoms with van der Waals surface area (Å²) in [6, 6.07) is 15.9. The summed E-state index contributed by atoms with van der Waals surface area (Å²) in [5.41, 5.74) is 2.47. The van der Waals surface area contributed by atoms with Crippen LogP contribution in [0.3, 0.4) is 0 Å². The minimum Gasteiger partial charge on any atom is -0.508 e. The Labute approximate surface area is 181 Å². The predicted molar refractivity (Wildman–Crippen MR) is 115 cm³/mol. The predicted octanol–water partition coefficient (Wildman–Crippen LogP) is 4.68. The Morgan fingerprint density at radius 3 is 2.09 bits per heavy atom. The fourth-order valence-corrected chi connectivity index (χ4v) is 3.08. The van der Waals surface area contributed by atoms with Crippen LogP contribution in [0.1, 0.15) is 5.56 Å². The molecule has 0 radical (unpaired) electrons. The molecule has 6 nitrogen and oxygen atoms in total. The first-order valence-corrected chi connectivity index (χ1v) is 9.58. The third kappa shape index (κ3) is 4.70. The summed E-state index contributed by atoms with van der Waals surface area (Å²) in [7, 11) is 0. The van der Waals surface area contributed by atoms with E-state index in [1.54, 1.807) is 24.3 Å². The van der Waals surface area contributed by atoms with E-state index in [1.807, 2.05) is 0 Å². The number of phenolic OH excluding ortho intramolecular Hbond substituents is 2. The van der Waals surface area contributed by atoms with E-state index in [9.17, 15) is 23.8 Å². The number of phenols is 2. The van der Waals surface area contributed by atoms with Gasteiger partial charge in [0.15, 0.2) is 17.5 Å². The molecule has 1 heterocycles. The molecule has 0 aliphatic heterocycles. The number of anilines is 1. The molecule has 32 heavy (non-hydrogen) atoms. The number of benzene rings is 3. The van der Waals surface area contributed by atoms with Crippen molar-refractivity contribution in [2.24, 2.45) is 0 Å². The fourth-order valence-electron chi connectivity index (χ4n) is 3.08. The molecule has 3 N–H and O–H groups in total. The lowest BCUT2D eigenvalue weighted by atomic mass is 10.1. The van der Waals surface area contributed by atoms with Crippen LogP contribution in [-0.4, -0.2) is 26.1 Å². The number of hydrogen-bond donors (Lipinski definition) is 3. The molecule has 3 aromatic carbocycles. The van der Waals surface area contributed by atoms with Crippen molar-refractivity contribution in [1.82, 2.24) is 9.97 Å². The van der Waals surface area contributed by atoms with Crippen molar-refractivity contribution in [3.05, 3.63) is 90.1 Å². The first kappa shape index (κ1) is 20.9. The Morgan fingerprint density at radius 1 is 0.844 bits per heavy atom. The molecule has 0 fully saturated rings. The van der Waals surface area contributed by atoms with Crippen LogP contribution in [0.4, 0.5) is 14.6 Å². The van der Waals surface area contributed by atoms with Gasteiger partial charge in [-0.3, -0.25) is 4.79 Å². The average molecular weight is 433 g/mol. The number of rotatable bonds is 5. The molecule has 4 aromatic rings. The zero-order valence-electron chi connectivity index (χ0n) is 16.6. The van der Waals surface area contributed by atoms with Gasteiger partial charge in [-0.2, -0.15) is 0 Å². The van der Waals surface area contributed by atoms with E-state index in [0.29, 0.717) is 28.1 Å². The number of nitrogens with one attached hydrogen (secondary N) is 1. The molecule has 1 amide bonds. The van der Waals surface area contributed by atoms with Crippen LogP contribution in [-0.2, 0) is 11.2 Å². The number of amides is 1. The summed E-state index contributed by atoms with van der Waals surface area (Å²) in [4.78, 5) is 21.5. The highest BCUT2D eigenvalue weighted by Gasteiger charge is 2.15. The fraction of sp³-hybridized carbons (Fsp3) is 0.0417. The van der Waals surface area contributed by atoms with Gasteiger partial charge in [-0.05, 0) is 66.2 Å². The van der Waals surface area contributed by atoms with Crippen LogP contribution in [0.2, 0.25) is 0 Å². The molecule has 0 saturated carbocycles. The minimum atomic E-state index is -1.03. The zero-order chi connectivity index (χ0) is 22.7. The van der Waals surface area contributed by atoms with Crippen molar-refractivity contribution in [2.75, 3.05) is 5.32 Å². The molecule has 0 bridgehead atoms. The van der Waals surface area contributed by atoms with Crippen molar-refractivity contribution in [3.8, 4) is 34.0 Å². The number of carbonyl (C=O) groups is 1. The second kappa shape index (κ2) is 8.81. The van der Waals surface area contributed by atoms with Crippen LogP contribution in [0.25, 0.3) is 22.5 Å². The topological polar surface area (TPSA) is 95.3 Å². The van der Waals surface area contributed by atoms with Crippen LogP contribution < -0.4 is 5.32 Å². The quantitative estimate of drug-likeness (QED) is 0.425. The van der Waals surface area contributed by atoms with Gasteiger partial charge in [-0.25, -0.2) is 18.7 Å². The van der Waals surface area contributed by atoms with Gasteiger partial charge in [0, 0.05) is 11.1 Å². The molecule has 0 aliphatic rings. The Balaban J connectivity index is 1.66. The largest absolute Gasteiger partial charge is 0.508 e. The highest BCUT2D eigenvalue weighted by Crippen LogP contribution is 2.29. The number of nitrogens with zero attached hydrogens (tertiary/aromatic N) is 2.